The number of nitrogens with two attached hydrogens (primary N) is 1. The number of carbonyl (C=O) groups excluding carboxylic acids is 1. The summed E-state index contributed by atoms with van der Waals surface area (Å²) in [7, 11) is 0. The molecule has 1 rings (SSSR count). The summed E-state index contributed by atoms with van der Waals surface area (Å²) in [6.07, 6.45) is -3.82. The van der Waals surface area contributed by atoms with Crippen LogP contribution in [-0.4, -0.2) is 24.7 Å². The van der Waals surface area contributed by atoms with Gasteiger partial charge in [0.15, 0.2) is 6.61 Å². The summed E-state index contributed by atoms with van der Waals surface area (Å²) in [4.78, 5) is 11.8. The fraction of sp³-hybridized carbons (Fsp3) is 0.500. The molecule has 1 amide bonds. The van der Waals surface area contributed by atoms with Crippen LogP contribution in [0.4, 0.5) is 18.9 Å². The average Bonchev–Trinajstić information content (AvgIpc) is 2.36. The molecule has 1 aromatic carbocycles. The Morgan fingerprint density at radius 2 is 1.82 bits per heavy atom. The molecule has 126 valence electrons. The number of anilines is 1. The summed E-state index contributed by atoms with van der Waals surface area (Å²) in [6, 6.07) is 5.02. The molecule has 0 heterocycles. The monoisotopic (exact) mass is 340 g/mol. The van der Waals surface area contributed by atoms with Crippen molar-refractivity contribution >= 4 is 24.0 Å². The molecule has 1 atom stereocenters. The maximum Gasteiger partial charge on any atom is 0.422 e. The molecular formula is C14H20ClF3N2O2. The van der Waals surface area contributed by atoms with Gasteiger partial charge in [-0.05, 0) is 36.6 Å². The fourth-order valence-corrected chi connectivity index (χ4v) is 1.65. The first kappa shape index (κ1) is 20.5. The van der Waals surface area contributed by atoms with E-state index < -0.39 is 18.8 Å². The number of rotatable bonds is 6. The zero-order chi connectivity index (χ0) is 16.0. The van der Waals surface area contributed by atoms with Gasteiger partial charge in [0.25, 0.3) is 0 Å². The van der Waals surface area contributed by atoms with Gasteiger partial charge in [-0.25, -0.2) is 0 Å². The highest BCUT2D eigenvalue weighted by atomic mass is 35.5. The Labute approximate surface area is 133 Å². The Balaban J connectivity index is 0.00000441. The summed E-state index contributed by atoms with van der Waals surface area (Å²) in [5.74, 6) is 0.0494. The maximum atomic E-state index is 12.0. The molecule has 0 unspecified atom stereocenters. The molecule has 0 spiro atoms. The molecule has 4 nitrogen and oxygen atoms in total. The lowest BCUT2D eigenvalue weighted by Crippen LogP contribution is -2.36. The van der Waals surface area contributed by atoms with Crippen LogP contribution in [-0.2, 0) is 4.79 Å². The van der Waals surface area contributed by atoms with E-state index in [2.05, 4.69) is 10.1 Å². The minimum absolute atomic E-state index is 0. The highest BCUT2D eigenvalue weighted by molar-refractivity contribution is 5.94. The van der Waals surface area contributed by atoms with E-state index in [0.29, 0.717) is 18.0 Å². The number of carbonyl (C=O) groups is 1. The molecule has 22 heavy (non-hydrogen) atoms. The first-order chi connectivity index (χ1) is 9.67. The predicted octanol–water partition coefficient (Wildman–Crippen LogP) is 3.36. The normalized spacial score (nSPS) is 12.5. The number of benzene rings is 1. The van der Waals surface area contributed by atoms with Crippen molar-refractivity contribution in [3.05, 3.63) is 24.3 Å². The molecule has 0 bridgehead atoms. The topological polar surface area (TPSA) is 64.4 Å². The molecule has 0 saturated heterocycles. The number of hydrogen-bond donors (Lipinski definition) is 2. The highest BCUT2D eigenvalue weighted by Crippen LogP contribution is 2.20. The largest absolute Gasteiger partial charge is 0.484 e. The number of hydrogen-bond acceptors (Lipinski definition) is 3. The summed E-state index contributed by atoms with van der Waals surface area (Å²) in [5.41, 5.74) is 6.19. The van der Waals surface area contributed by atoms with Gasteiger partial charge in [0.2, 0.25) is 5.91 Å². The molecule has 0 aromatic heterocycles. The molecule has 0 radical (unpaired) electrons. The van der Waals surface area contributed by atoms with Crippen molar-refractivity contribution in [2.24, 2.45) is 11.7 Å². The fourth-order valence-electron chi connectivity index (χ4n) is 1.65. The van der Waals surface area contributed by atoms with Crippen molar-refractivity contribution in [1.82, 2.24) is 0 Å². The average molecular weight is 341 g/mol. The Morgan fingerprint density at radius 3 is 2.27 bits per heavy atom. The molecule has 0 aliphatic carbocycles. The van der Waals surface area contributed by atoms with E-state index >= 15 is 0 Å². The molecule has 0 aliphatic rings. The third kappa shape index (κ3) is 8.09. The van der Waals surface area contributed by atoms with Crippen LogP contribution in [0.5, 0.6) is 5.75 Å². The minimum Gasteiger partial charge on any atom is -0.484 e. The standard InChI is InChI=1S/C14H19F3N2O2.ClH/c1-9(2)7-12(18)13(20)19-10-3-5-11(6-4-10)21-8-14(15,16)17;/h3-6,9,12H,7-8,18H2,1-2H3,(H,19,20);1H/t12-;/m0./s1. The summed E-state index contributed by atoms with van der Waals surface area (Å²) in [6.45, 7) is 2.57. The number of halogens is 4. The minimum atomic E-state index is -4.38. The zero-order valence-electron chi connectivity index (χ0n) is 12.3. The van der Waals surface area contributed by atoms with E-state index in [0.717, 1.165) is 0 Å². The van der Waals surface area contributed by atoms with Crippen LogP contribution in [0, 0.1) is 5.92 Å². The van der Waals surface area contributed by atoms with Gasteiger partial charge in [0.05, 0.1) is 6.04 Å². The number of amides is 1. The van der Waals surface area contributed by atoms with Gasteiger partial charge in [0.1, 0.15) is 5.75 Å². The second-order valence-electron chi connectivity index (χ2n) is 5.15. The van der Waals surface area contributed by atoms with Gasteiger partial charge in [-0.2, -0.15) is 13.2 Å². The van der Waals surface area contributed by atoms with E-state index in [1.54, 1.807) is 0 Å². The highest BCUT2D eigenvalue weighted by Gasteiger charge is 2.28. The van der Waals surface area contributed by atoms with Gasteiger partial charge in [-0.3, -0.25) is 4.79 Å². The van der Waals surface area contributed by atoms with Crippen molar-refractivity contribution in [3.8, 4) is 5.75 Å². The molecule has 0 aliphatic heterocycles. The number of alkyl halides is 3. The van der Waals surface area contributed by atoms with E-state index in [4.69, 9.17) is 5.73 Å². The quantitative estimate of drug-likeness (QED) is 0.834. The third-order valence-electron chi connectivity index (χ3n) is 2.59. The van der Waals surface area contributed by atoms with Gasteiger partial charge < -0.3 is 15.8 Å². The van der Waals surface area contributed by atoms with Crippen molar-refractivity contribution in [3.63, 3.8) is 0 Å². The predicted molar refractivity (Wildman–Crippen MR) is 81.3 cm³/mol. The van der Waals surface area contributed by atoms with E-state index in [9.17, 15) is 18.0 Å². The van der Waals surface area contributed by atoms with Crippen LogP contribution in [0.1, 0.15) is 20.3 Å². The Kier molecular flexibility index (Phi) is 8.26. The van der Waals surface area contributed by atoms with E-state index in [1.165, 1.54) is 24.3 Å². The molecule has 1 aromatic rings. The second-order valence-corrected chi connectivity index (χ2v) is 5.15. The Bertz CT molecular complexity index is 464. The van der Waals surface area contributed by atoms with Gasteiger partial charge in [-0.1, -0.05) is 13.8 Å². The molecule has 0 fully saturated rings. The summed E-state index contributed by atoms with van der Waals surface area (Å²) < 4.78 is 40.5. The van der Waals surface area contributed by atoms with Crippen molar-refractivity contribution in [2.75, 3.05) is 11.9 Å². The Hall–Kier alpha value is -1.47. The zero-order valence-corrected chi connectivity index (χ0v) is 13.1. The SMILES string of the molecule is CC(C)C[C@H](N)C(=O)Nc1ccc(OCC(F)(F)F)cc1.Cl. The molecule has 8 heteroatoms. The lowest BCUT2D eigenvalue weighted by atomic mass is 10.0. The Morgan fingerprint density at radius 1 is 1.27 bits per heavy atom. The smallest absolute Gasteiger partial charge is 0.422 e. The van der Waals surface area contributed by atoms with Crippen LogP contribution >= 0.6 is 12.4 Å². The number of nitrogens with one attached hydrogen (secondary N) is 1. The molecule has 3 N–H and O–H groups in total. The van der Waals surface area contributed by atoms with E-state index in [-0.39, 0.29) is 24.1 Å². The second kappa shape index (κ2) is 8.85. The maximum absolute atomic E-state index is 12.0. The summed E-state index contributed by atoms with van der Waals surface area (Å²) >= 11 is 0. The lowest BCUT2D eigenvalue weighted by molar-refractivity contribution is -0.153. The van der Waals surface area contributed by atoms with Gasteiger partial charge in [-0.15, -0.1) is 12.4 Å². The van der Waals surface area contributed by atoms with Crippen molar-refractivity contribution in [1.29, 1.82) is 0 Å². The van der Waals surface area contributed by atoms with E-state index in [1.807, 2.05) is 13.8 Å². The van der Waals surface area contributed by atoms with Crippen LogP contribution in [0.2, 0.25) is 0 Å². The van der Waals surface area contributed by atoms with Crippen molar-refractivity contribution < 1.29 is 22.7 Å². The van der Waals surface area contributed by atoms with Crippen LogP contribution < -0.4 is 15.8 Å². The van der Waals surface area contributed by atoms with Crippen LogP contribution in [0.3, 0.4) is 0 Å². The summed E-state index contributed by atoms with van der Waals surface area (Å²) in [5, 5.41) is 2.60. The van der Waals surface area contributed by atoms with Crippen molar-refractivity contribution in [2.45, 2.75) is 32.5 Å². The molecular weight excluding hydrogens is 321 g/mol. The number of ether oxygens (including phenoxy) is 1. The third-order valence-corrected chi connectivity index (χ3v) is 2.59. The van der Waals surface area contributed by atoms with Gasteiger partial charge in [0, 0.05) is 5.69 Å². The first-order valence-corrected chi connectivity index (χ1v) is 6.53. The van der Waals surface area contributed by atoms with Gasteiger partial charge >= 0.3 is 6.18 Å². The molecule has 0 saturated carbocycles. The van der Waals surface area contributed by atoms with Crippen LogP contribution in [0.25, 0.3) is 0 Å². The first-order valence-electron chi connectivity index (χ1n) is 6.53. The van der Waals surface area contributed by atoms with Crippen LogP contribution in [0.15, 0.2) is 24.3 Å². The lowest BCUT2D eigenvalue weighted by Gasteiger charge is -2.14.